The van der Waals surface area contributed by atoms with Gasteiger partial charge in [0.05, 0.1) is 11.6 Å². The molecule has 2 rings (SSSR count). The van der Waals surface area contributed by atoms with Crippen molar-refractivity contribution in [3.63, 3.8) is 0 Å². The van der Waals surface area contributed by atoms with Crippen LogP contribution >= 0.6 is 15.9 Å². The standard InChI is InChI=1S/C15H13BrFNO2/c1-18(11-4-6-12(20-2)7-5-11)15(19)10-3-8-14(17)13(16)9-10/h3-9H,1-2H3. The van der Waals surface area contributed by atoms with Gasteiger partial charge >= 0.3 is 0 Å². The first-order chi connectivity index (χ1) is 9.52. The lowest BCUT2D eigenvalue weighted by molar-refractivity contribution is 0.0993. The van der Waals surface area contributed by atoms with Crippen molar-refractivity contribution in [2.45, 2.75) is 0 Å². The van der Waals surface area contributed by atoms with Crippen LogP contribution < -0.4 is 9.64 Å². The minimum Gasteiger partial charge on any atom is -0.497 e. The monoisotopic (exact) mass is 337 g/mol. The van der Waals surface area contributed by atoms with Crippen molar-refractivity contribution in [2.24, 2.45) is 0 Å². The van der Waals surface area contributed by atoms with E-state index in [2.05, 4.69) is 15.9 Å². The Balaban J connectivity index is 2.24. The van der Waals surface area contributed by atoms with Crippen molar-refractivity contribution < 1.29 is 13.9 Å². The van der Waals surface area contributed by atoms with E-state index in [1.54, 1.807) is 38.4 Å². The molecule has 3 nitrogen and oxygen atoms in total. The number of anilines is 1. The van der Waals surface area contributed by atoms with E-state index < -0.39 is 5.82 Å². The number of halogens is 2. The number of ether oxygens (including phenoxy) is 1. The van der Waals surface area contributed by atoms with Gasteiger partial charge in [0.1, 0.15) is 11.6 Å². The summed E-state index contributed by atoms with van der Waals surface area (Å²) in [6, 6.07) is 11.3. The van der Waals surface area contributed by atoms with Gasteiger partial charge in [0.2, 0.25) is 0 Å². The average Bonchev–Trinajstić information content (AvgIpc) is 2.48. The second-order valence-electron chi connectivity index (χ2n) is 4.19. The highest BCUT2D eigenvalue weighted by molar-refractivity contribution is 9.10. The summed E-state index contributed by atoms with van der Waals surface area (Å²) in [5.74, 6) is 0.114. The minimum absolute atomic E-state index is 0.212. The molecule has 20 heavy (non-hydrogen) atoms. The van der Waals surface area contributed by atoms with Crippen LogP contribution in [0.1, 0.15) is 10.4 Å². The van der Waals surface area contributed by atoms with Crippen LogP contribution in [0.5, 0.6) is 5.75 Å². The molecule has 2 aromatic rings. The van der Waals surface area contributed by atoms with E-state index in [1.165, 1.54) is 23.1 Å². The van der Waals surface area contributed by atoms with Crippen LogP contribution in [0.25, 0.3) is 0 Å². The first kappa shape index (κ1) is 14.5. The lowest BCUT2D eigenvalue weighted by Gasteiger charge is -2.18. The van der Waals surface area contributed by atoms with Crippen molar-refractivity contribution in [3.8, 4) is 5.75 Å². The minimum atomic E-state index is -0.395. The molecule has 0 fully saturated rings. The van der Waals surface area contributed by atoms with Crippen molar-refractivity contribution in [1.29, 1.82) is 0 Å². The van der Waals surface area contributed by atoms with Gasteiger partial charge in [-0.05, 0) is 58.4 Å². The Bertz CT molecular complexity index is 628. The van der Waals surface area contributed by atoms with Crippen LogP contribution in [0.4, 0.5) is 10.1 Å². The molecule has 0 aromatic heterocycles. The lowest BCUT2D eigenvalue weighted by Crippen LogP contribution is -2.26. The number of nitrogens with zero attached hydrogens (tertiary/aromatic N) is 1. The van der Waals surface area contributed by atoms with Crippen LogP contribution in [-0.4, -0.2) is 20.1 Å². The maximum absolute atomic E-state index is 13.2. The van der Waals surface area contributed by atoms with Crippen LogP contribution in [-0.2, 0) is 0 Å². The second kappa shape index (κ2) is 6.05. The molecular weight excluding hydrogens is 325 g/mol. The molecule has 0 saturated heterocycles. The highest BCUT2D eigenvalue weighted by Gasteiger charge is 2.14. The Hall–Kier alpha value is -1.88. The smallest absolute Gasteiger partial charge is 0.258 e. The molecular formula is C15H13BrFNO2. The molecule has 0 N–H and O–H groups in total. The van der Waals surface area contributed by atoms with Gasteiger partial charge in [-0.3, -0.25) is 4.79 Å². The maximum atomic E-state index is 13.2. The van der Waals surface area contributed by atoms with Crippen molar-refractivity contribution in [2.75, 3.05) is 19.1 Å². The molecule has 0 heterocycles. The molecule has 1 amide bonds. The van der Waals surface area contributed by atoms with Gasteiger partial charge in [0.25, 0.3) is 5.91 Å². The van der Waals surface area contributed by atoms with Crippen LogP contribution in [0, 0.1) is 5.82 Å². The predicted molar refractivity (Wildman–Crippen MR) is 79.8 cm³/mol. The van der Waals surface area contributed by atoms with Crippen LogP contribution in [0.2, 0.25) is 0 Å². The molecule has 104 valence electrons. The first-order valence-corrected chi connectivity index (χ1v) is 6.69. The third kappa shape index (κ3) is 2.99. The van der Waals surface area contributed by atoms with Gasteiger partial charge in [-0.25, -0.2) is 4.39 Å². The zero-order chi connectivity index (χ0) is 14.7. The number of hydrogen-bond acceptors (Lipinski definition) is 2. The molecule has 0 aliphatic carbocycles. The first-order valence-electron chi connectivity index (χ1n) is 5.90. The van der Waals surface area contributed by atoms with Gasteiger partial charge < -0.3 is 9.64 Å². The normalized spacial score (nSPS) is 10.2. The molecule has 0 aliphatic rings. The summed E-state index contributed by atoms with van der Waals surface area (Å²) in [6.07, 6.45) is 0. The van der Waals surface area contributed by atoms with E-state index >= 15 is 0 Å². The number of methoxy groups -OCH3 is 1. The largest absolute Gasteiger partial charge is 0.497 e. The van der Waals surface area contributed by atoms with E-state index in [0.29, 0.717) is 5.56 Å². The zero-order valence-electron chi connectivity index (χ0n) is 11.1. The van der Waals surface area contributed by atoms with Crippen molar-refractivity contribution in [1.82, 2.24) is 0 Å². The van der Waals surface area contributed by atoms with Gasteiger partial charge in [-0.2, -0.15) is 0 Å². The highest BCUT2D eigenvalue weighted by atomic mass is 79.9. The van der Waals surface area contributed by atoms with Crippen LogP contribution in [0.3, 0.4) is 0 Å². The molecule has 0 atom stereocenters. The Morgan fingerprint density at radius 3 is 2.40 bits per heavy atom. The summed E-state index contributed by atoms with van der Waals surface area (Å²) in [4.78, 5) is 13.8. The summed E-state index contributed by atoms with van der Waals surface area (Å²) < 4.78 is 18.5. The molecule has 0 saturated carbocycles. The Morgan fingerprint density at radius 2 is 1.85 bits per heavy atom. The van der Waals surface area contributed by atoms with Crippen molar-refractivity contribution in [3.05, 3.63) is 58.3 Å². The summed E-state index contributed by atoms with van der Waals surface area (Å²) in [5.41, 5.74) is 1.15. The van der Waals surface area contributed by atoms with E-state index in [-0.39, 0.29) is 10.4 Å². The molecule has 0 unspecified atom stereocenters. The third-order valence-corrected chi connectivity index (χ3v) is 3.54. The quantitative estimate of drug-likeness (QED) is 0.850. The summed E-state index contributed by atoms with van der Waals surface area (Å²) in [6.45, 7) is 0. The van der Waals surface area contributed by atoms with E-state index in [1.807, 2.05) is 0 Å². The van der Waals surface area contributed by atoms with Gasteiger partial charge in [-0.15, -0.1) is 0 Å². The van der Waals surface area contributed by atoms with Gasteiger partial charge in [0, 0.05) is 18.3 Å². The van der Waals surface area contributed by atoms with Crippen molar-refractivity contribution >= 4 is 27.5 Å². The summed E-state index contributed by atoms with van der Waals surface area (Å²) in [5, 5.41) is 0. The zero-order valence-corrected chi connectivity index (χ0v) is 12.6. The Kier molecular flexibility index (Phi) is 4.39. The molecule has 0 radical (unpaired) electrons. The van der Waals surface area contributed by atoms with Gasteiger partial charge in [-0.1, -0.05) is 0 Å². The fourth-order valence-electron chi connectivity index (χ4n) is 1.75. The van der Waals surface area contributed by atoms with E-state index in [0.717, 1.165) is 11.4 Å². The predicted octanol–water partition coefficient (Wildman–Crippen LogP) is 3.87. The molecule has 0 bridgehead atoms. The molecule has 2 aromatic carbocycles. The van der Waals surface area contributed by atoms with E-state index in [4.69, 9.17) is 4.74 Å². The number of hydrogen-bond donors (Lipinski definition) is 0. The highest BCUT2D eigenvalue weighted by Crippen LogP contribution is 2.22. The lowest BCUT2D eigenvalue weighted by atomic mass is 10.2. The molecule has 0 spiro atoms. The Morgan fingerprint density at radius 1 is 1.20 bits per heavy atom. The number of carbonyl (C=O) groups is 1. The third-order valence-electron chi connectivity index (χ3n) is 2.93. The van der Waals surface area contributed by atoms with E-state index in [9.17, 15) is 9.18 Å². The van der Waals surface area contributed by atoms with Gasteiger partial charge in [0.15, 0.2) is 0 Å². The maximum Gasteiger partial charge on any atom is 0.258 e. The number of amides is 1. The summed E-state index contributed by atoms with van der Waals surface area (Å²) in [7, 11) is 3.25. The number of rotatable bonds is 3. The second-order valence-corrected chi connectivity index (χ2v) is 5.05. The number of benzene rings is 2. The SMILES string of the molecule is COc1ccc(N(C)C(=O)c2ccc(F)c(Br)c2)cc1. The summed E-state index contributed by atoms with van der Waals surface area (Å²) >= 11 is 3.08. The fraction of sp³-hybridized carbons (Fsp3) is 0.133. The topological polar surface area (TPSA) is 29.5 Å². The average molecular weight is 338 g/mol. The Labute approximate surface area is 125 Å². The molecule has 0 aliphatic heterocycles. The van der Waals surface area contributed by atoms with Crippen LogP contribution in [0.15, 0.2) is 46.9 Å². The number of carbonyl (C=O) groups excluding carboxylic acids is 1. The fourth-order valence-corrected chi connectivity index (χ4v) is 2.12. The molecule has 5 heteroatoms.